The first-order chi connectivity index (χ1) is 5.64. The molecule has 0 spiro atoms. The Morgan fingerprint density at radius 1 is 1.50 bits per heavy atom. The fourth-order valence-electron chi connectivity index (χ4n) is 0.947. The molecular formula is C9H16N2S. The van der Waals surface area contributed by atoms with Crippen LogP contribution in [0.1, 0.15) is 26.7 Å². The predicted molar refractivity (Wildman–Crippen MR) is 56.9 cm³/mol. The highest BCUT2D eigenvalue weighted by molar-refractivity contribution is 7.80. The molecule has 0 atom stereocenters. The maximum Gasteiger partial charge on any atom is 0.167 e. The summed E-state index contributed by atoms with van der Waals surface area (Å²) in [5.41, 5.74) is -0.278. The number of terminal acetylenes is 1. The van der Waals surface area contributed by atoms with Crippen LogP contribution in [0.2, 0.25) is 0 Å². The number of rotatable bonds is 3. The zero-order chi connectivity index (χ0) is 9.61. The van der Waals surface area contributed by atoms with Crippen molar-refractivity contribution in [2.75, 3.05) is 7.05 Å². The molecule has 3 heteroatoms. The molecule has 0 unspecified atom stereocenters. The quantitative estimate of drug-likeness (QED) is 0.510. The Morgan fingerprint density at radius 3 is 2.25 bits per heavy atom. The topological polar surface area (TPSA) is 24.1 Å². The van der Waals surface area contributed by atoms with E-state index in [4.69, 9.17) is 18.6 Å². The number of hydrogen-bond acceptors (Lipinski definition) is 1. The van der Waals surface area contributed by atoms with Crippen LogP contribution in [-0.2, 0) is 0 Å². The number of thiocarbonyl (C=S) groups is 1. The molecule has 0 amide bonds. The third-order valence-corrected chi connectivity index (χ3v) is 2.37. The zero-order valence-electron chi connectivity index (χ0n) is 7.90. The van der Waals surface area contributed by atoms with E-state index < -0.39 is 0 Å². The van der Waals surface area contributed by atoms with E-state index in [-0.39, 0.29) is 5.54 Å². The fraction of sp³-hybridized carbons (Fsp3) is 0.667. The van der Waals surface area contributed by atoms with Crippen molar-refractivity contribution in [1.82, 2.24) is 10.6 Å². The minimum absolute atomic E-state index is 0.278. The van der Waals surface area contributed by atoms with Crippen molar-refractivity contribution in [2.24, 2.45) is 0 Å². The molecule has 0 aliphatic heterocycles. The fourth-order valence-corrected chi connectivity index (χ4v) is 1.14. The van der Waals surface area contributed by atoms with Crippen LogP contribution in [-0.4, -0.2) is 17.7 Å². The summed E-state index contributed by atoms with van der Waals surface area (Å²) in [6, 6.07) is 0. The molecule has 0 heterocycles. The molecule has 2 N–H and O–H groups in total. The van der Waals surface area contributed by atoms with Crippen molar-refractivity contribution in [1.29, 1.82) is 0 Å². The minimum atomic E-state index is -0.278. The van der Waals surface area contributed by atoms with Gasteiger partial charge in [0.1, 0.15) is 0 Å². The maximum atomic E-state index is 5.43. The lowest BCUT2D eigenvalue weighted by atomic mass is 9.94. The van der Waals surface area contributed by atoms with Gasteiger partial charge >= 0.3 is 0 Å². The molecular weight excluding hydrogens is 168 g/mol. The minimum Gasteiger partial charge on any atom is -0.366 e. The average Bonchev–Trinajstić information content (AvgIpc) is 2.14. The van der Waals surface area contributed by atoms with Crippen molar-refractivity contribution in [2.45, 2.75) is 32.2 Å². The molecule has 0 rings (SSSR count). The van der Waals surface area contributed by atoms with Gasteiger partial charge in [-0.1, -0.05) is 19.8 Å². The van der Waals surface area contributed by atoms with Crippen molar-refractivity contribution < 1.29 is 0 Å². The van der Waals surface area contributed by atoms with Crippen molar-refractivity contribution in [3.8, 4) is 12.3 Å². The molecule has 0 saturated heterocycles. The maximum absolute atomic E-state index is 5.43. The van der Waals surface area contributed by atoms with Crippen LogP contribution in [0.15, 0.2) is 0 Å². The van der Waals surface area contributed by atoms with Crippen molar-refractivity contribution >= 4 is 17.3 Å². The van der Waals surface area contributed by atoms with Gasteiger partial charge in [0, 0.05) is 7.05 Å². The zero-order valence-corrected chi connectivity index (χ0v) is 8.72. The van der Waals surface area contributed by atoms with Crippen molar-refractivity contribution in [3.05, 3.63) is 0 Å². The van der Waals surface area contributed by atoms with Crippen molar-refractivity contribution in [3.63, 3.8) is 0 Å². The molecule has 0 aromatic carbocycles. The summed E-state index contributed by atoms with van der Waals surface area (Å²) < 4.78 is 0. The third kappa shape index (κ3) is 2.71. The standard InChI is InChI=1S/C9H16N2S/c1-5-9(6-2,7-3)11-8(12)10-4/h1H,6-7H2,2-4H3,(H2,10,11,12). The first-order valence-electron chi connectivity index (χ1n) is 4.11. The number of nitrogens with one attached hydrogen (secondary N) is 2. The Morgan fingerprint density at radius 2 is 2.00 bits per heavy atom. The first-order valence-corrected chi connectivity index (χ1v) is 4.52. The van der Waals surface area contributed by atoms with Crippen LogP contribution in [0.3, 0.4) is 0 Å². The van der Waals surface area contributed by atoms with Crippen LogP contribution in [0.5, 0.6) is 0 Å². The summed E-state index contributed by atoms with van der Waals surface area (Å²) in [7, 11) is 1.78. The molecule has 0 aliphatic carbocycles. The Bertz CT molecular complexity index is 189. The molecule has 2 nitrogen and oxygen atoms in total. The SMILES string of the molecule is C#CC(CC)(CC)NC(=S)NC. The summed E-state index contributed by atoms with van der Waals surface area (Å²) in [5, 5.41) is 6.57. The Labute approximate surface area is 80.1 Å². The van der Waals surface area contributed by atoms with Crippen LogP contribution < -0.4 is 10.6 Å². The van der Waals surface area contributed by atoms with Crippen LogP contribution in [0.25, 0.3) is 0 Å². The molecule has 0 radical (unpaired) electrons. The number of hydrogen-bond donors (Lipinski definition) is 2. The van der Waals surface area contributed by atoms with Gasteiger partial charge in [-0.25, -0.2) is 0 Å². The highest BCUT2D eigenvalue weighted by atomic mass is 32.1. The Kier molecular flexibility index (Phi) is 4.68. The van der Waals surface area contributed by atoms with E-state index in [1.807, 2.05) is 0 Å². The first kappa shape index (κ1) is 11.2. The highest BCUT2D eigenvalue weighted by Gasteiger charge is 2.22. The van der Waals surface area contributed by atoms with Gasteiger partial charge in [0.25, 0.3) is 0 Å². The van der Waals surface area contributed by atoms with E-state index in [1.165, 1.54) is 0 Å². The Hall–Kier alpha value is -0.750. The van der Waals surface area contributed by atoms with Crippen LogP contribution >= 0.6 is 12.2 Å². The smallest absolute Gasteiger partial charge is 0.167 e. The molecule has 0 aromatic heterocycles. The molecule has 0 aromatic rings. The summed E-state index contributed by atoms with van der Waals surface area (Å²) in [4.78, 5) is 0. The highest BCUT2D eigenvalue weighted by Crippen LogP contribution is 2.12. The van der Waals surface area contributed by atoms with Gasteiger partial charge in [-0.05, 0) is 25.1 Å². The molecule has 0 aliphatic rings. The normalized spacial score (nSPS) is 10.2. The molecule has 0 saturated carbocycles. The Balaban J connectivity index is 4.33. The van der Waals surface area contributed by atoms with E-state index in [2.05, 4.69) is 30.4 Å². The van der Waals surface area contributed by atoms with Gasteiger partial charge in [0.2, 0.25) is 0 Å². The van der Waals surface area contributed by atoms with Gasteiger partial charge in [0.15, 0.2) is 5.11 Å². The third-order valence-electron chi connectivity index (χ3n) is 2.06. The summed E-state index contributed by atoms with van der Waals surface area (Å²) >= 11 is 4.98. The van der Waals surface area contributed by atoms with E-state index >= 15 is 0 Å². The lowest BCUT2D eigenvalue weighted by Crippen LogP contribution is -2.49. The summed E-state index contributed by atoms with van der Waals surface area (Å²) in [5.74, 6) is 2.74. The van der Waals surface area contributed by atoms with Gasteiger partial charge in [-0.2, -0.15) is 0 Å². The molecule has 12 heavy (non-hydrogen) atoms. The van der Waals surface area contributed by atoms with E-state index in [0.717, 1.165) is 12.8 Å². The second-order valence-corrected chi connectivity index (χ2v) is 3.05. The van der Waals surface area contributed by atoms with Crippen LogP contribution in [0.4, 0.5) is 0 Å². The van der Waals surface area contributed by atoms with Gasteiger partial charge in [-0.15, -0.1) is 6.42 Å². The second kappa shape index (κ2) is 5.00. The molecule has 0 bridgehead atoms. The average molecular weight is 184 g/mol. The van der Waals surface area contributed by atoms with E-state index in [1.54, 1.807) is 7.05 Å². The molecule has 0 fully saturated rings. The van der Waals surface area contributed by atoms with Gasteiger partial charge < -0.3 is 10.6 Å². The van der Waals surface area contributed by atoms with Gasteiger partial charge in [-0.3, -0.25) is 0 Å². The van der Waals surface area contributed by atoms with E-state index in [9.17, 15) is 0 Å². The predicted octanol–water partition coefficient (Wildman–Crippen LogP) is 1.27. The monoisotopic (exact) mass is 184 g/mol. The summed E-state index contributed by atoms with van der Waals surface area (Å²) in [6.45, 7) is 4.10. The lowest BCUT2D eigenvalue weighted by molar-refractivity contribution is 0.458. The van der Waals surface area contributed by atoms with Gasteiger partial charge in [0.05, 0.1) is 5.54 Å². The second-order valence-electron chi connectivity index (χ2n) is 2.64. The summed E-state index contributed by atoms with van der Waals surface area (Å²) in [6.07, 6.45) is 7.19. The lowest BCUT2D eigenvalue weighted by Gasteiger charge is -2.28. The molecule has 68 valence electrons. The van der Waals surface area contributed by atoms with Crippen LogP contribution in [0, 0.1) is 12.3 Å². The van der Waals surface area contributed by atoms with E-state index in [0.29, 0.717) is 5.11 Å². The largest absolute Gasteiger partial charge is 0.366 e.